The molecule has 0 bridgehead atoms. The fraction of sp³-hybridized carbons (Fsp3) is 0.714. The van der Waals surface area contributed by atoms with Crippen LogP contribution in [0.5, 0.6) is 0 Å². The van der Waals surface area contributed by atoms with Crippen LogP contribution in [0.2, 0.25) is 0 Å². The molecule has 3 rings (SSSR count). The van der Waals surface area contributed by atoms with Crippen molar-refractivity contribution in [2.75, 3.05) is 25.6 Å². The Hall–Kier alpha value is -1.45. The van der Waals surface area contributed by atoms with Gasteiger partial charge in [0.1, 0.15) is 0 Å². The minimum atomic E-state index is -3.73. The molecular weight excluding hydrogens is 322 g/mol. The van der Waals surface area contributed by atoms with Gasteiger partial charge in [-0.2, -0.15) is 5.10 Å². The van der Waals surface area contributed by atoms with E-state index in [-0.39, 0.29) is 23.5 Å². The van der Waals surface area contributed by atoms with Gasteiger partial charge in [0.2, 0.25) is 10.0 Å². The lowest BCUT2D eigenvalue weighted by Crippen LogP contribution is -2.36. The second-order valence-corrected chi connectivity index (χ2v) is 7.71. The second-order valence-electron chi connectivity index (χ2n) is 5.94. The average molecular weight is 343 g/mol. The number of hydrogen-bond donors (Lipinski definition) is 2. The van der Waals surface area contributed by atoms with E-state index < -0.39 is 15.9 Å². The van der Waals surface area contributed by atoms with Gasteiger partial charge in [0, 0.05) is 31.4 Å². The van der Waals surface area contributed by atoms with E-state index in [0.29, 0.717) is 26.2 Å². The van der Waals surface area contributed by atoms with E-state index in [1.54, 1.807) is 6.07 Å². The lowest BCUT2D eigenvalue weighted by Gasteiger charge is -2.20. The quantitative estimate of drug-likeness (QED) is 0.807. The van der Waals surface area contributed by atoms with Crippen LogP contribution in [-0.2, 0) is 19.5 Å². The number of ether oxygens (including phenoxy) is 2. The number of aromatic amines is 1. The molecule has 1 amide bonds. The number of aromatic nitrogens is 2. The molecule has 2 saturated heterocycles. The molecule has 1 unspecified atom stereocenters. The van der Waals surface area contributed by atoms with Gasteiger partial charge >= 0.3 is 0 Å². The number of carbonyl (C=O) groups is 1. The fourth-order valence-corrected chi connectivity index (χ4v) is 4.15. The molecule has 2 fully saturated rings. The van der Waals surface area contributed by atoms with Crippen LogP contribution in [0.15, 0.2) is 6.07 Å². The zero-order valence-corrected chi connectivity index (χ0v) is 13.6. The number of rotatable bonds is 5. The molecule has 0 saturated carbocycles. The van der Waals surface area contributed by atoms with Crippen molar-refractivity contribution in [1.29, 1.82) is 0 Å². The Morgan fingerprint density at radius 3 is 2.78 bits per heavy atom. The minimum Gasteiger partial charge on any atom is -0.381 e. The van der Waals surface area contributed by atoms with Crippen LogP contribution < -0.4 is 4.72 Å². The van der Waals surface area contributed by atoms with Crippen molar-refractivity contribution in [3.63, 3.8) is 0 Å². The molecule has 2 aliphatic rings. The van der Waals surface area contributed by atoms with E-state index >= 15 is 0 Å². The molecule has 2 N–H and O–H groups in total. The molecule has 0 radical (unpaired) electrons. The Labute approximate surface area is 135 Å². The molecule has 3 heterocycles. The average Bonchev–Trinajstić information content (AvgIpc) is 3.18. The standard InChI is InChI=1S/C14H21N3O5S/c18-14(17-23(19,20)9-11-2-1-5-22-11)13-8-12(15-16-13)10-3-6-21-7-4-10/h8,10-11H,1-7,9H2,(H,15,16)(H,17,18). The summed E-state index contributed by atoms with van der Waals surface area (Å²) in [5, 5.41) is 6.76. The third-order valence-electron chi connectivity index (χ3n) is 4.17. The van der Waals surface area contributed by atoms with Gasteiger partial charge < -0.3 is 9.47 Å². The van der Waals surface area contributed by atoms with E-state index in [0.717, 1.165) is 25.0 Å². The van der Waals surface area contributed by atoms with Crippen molar-refractivity contribution in [3.8, 4) is 0 Å². The Kier molecular flexibility index (Phi) is 4.98. The van der Waals surface area contributed by atoms with Crippen molar-refractivity contribution in [3.05, 3.63) is 17.5 Å². The highest BCUT2D eigenvalue weighted by atomic mass is 32.2. The van der Waals surface area contributed by atoms with E-state index in [1.807, 2.05) is 0 Å². The zero-order valence-electron chi connectivity index (χ0n) is 12.8. The third-order valence-corrected chi connectivity index (χ3v) is 5.48. The first-order valence-corrected chi connectivity index (χ1v) is 9.48. The van der Waals surface area contributed by atoms with Gasteiger partial charge in [-0.05, 0) is 31.7 Å². The Balaban J connectivity index is 1.60. The molecule has 128 valence electrons. The summed E-state index contributed by atoms with van der Waals surface area (Å²) in [6.45, 7) is 1.93. The van der Waals surface area contributed by atoms with Crippen LogP contribution in [0, 0.1) is 0 Å². The first-order valence-electron chi connectivity index (χ1n) is 7.83. The lowest BCUT2D eigenvalue weighted by molar-refractivity contribution is 0.0845. The highest BCUT2D eigenvalue weighted by Crippen LogP contribution is 2.25. The molecule has 1 aromatic rings. The Bertz CT molecular complexity index is 645. The summed E-state index contributed by atoms with van der Waals surface area (Å²) >= 11 is 0. The maximum Gasteiger partial charge on any atom is 0.285 e. The fourth-order valence-electron chi connectivity index (χ4n) is 2.93. The maximum absolute atomic E-state index is 12.1. The highest BCUT2D eigenvalue weighted by Gasteiger charge is 2.26. The summed E-state index contributed by atoms with van der Waals surface area (Å²) in [7, 11) is -3.73. The van der Waals surface area contributed by atoms with Crippen LogP contribution in [0.1, 0.15) is 47.8 Å². The number of hydrogen-bond acceptors (Lipinski definition) is 6. The Morgan fingerprint density at radius 2 is 2.09 bits per heavy atom. The molecule has 0 aliphatic carbocycles. The van der Waals surface area contributed by atoms with E-state index in [1.165, 1.54) is 0 Å². The van der Waals surface area contributed by atoms with Crippen LogP contribution in [0.25, 0.3) is 0 Å². The van der Waals surface area contributed by atoms with Gasteiger partial charge in [0.05, 0.1) is 11.9 Å². The highest BCUT2D eigenvalue weighted by molar-refractivity contribution is 7.90. The SMILES string of the molecule is O=C(NS(=O)(=O)CC1CCCO1)c1cc(C2CCOCC2)[nH]n1. The van der Waals surface area contributed by atoms with E-state index in [2.05, 4.69) is 14.9 Å². The van der Waals surface area contributed by atoms with Crippen molar-refractivity contribution in [2.24, 2.45) is 0 Å². The van der Waals surface area contributed by atoms with Gasteiger partial charge in [0.15, 0.2) is 5.69 Å². The van der Waals surface area contributed by atoms with E-state index in [4.69, 9.17) is 9.47 Å². The lowest BCUT2D eigenvalue weighted by atomic mass is 9.96. The van der Waals surface area contributed by atoms with Gasteiger partial charge in [-0.1, -0.05) is 0 Å². The number of sulfonamides is 1. The number of nitrogens with one attached hydrogen (secondary N) is 2. The van der Waals surface area contributed by atoms with Gasteiger partial charge in [-0.15, -0.1) is 0 Å². The Morgan fingerprint density at radius 1 is 1.30 bits per heavy atom. The second kappa shape index (κ2) is 6.98. The summed E-state index contributed by atoms with van der Waals surface area (Å²) in [5.41, 5.74) is 0.928. The van der Waals surface area contributed by atoms with Crippen molar-refractivity contribution < 1.29 is 22.7 Å². The molecule has 2 aliphatic heterocycles. The predicted molar refractivity (Wildman–Crippen MR) is 81.6 cm³/mol. The first-order chi connectivity index (χ1) is 11.0. The van der Waals surface area contributed by atoms with Crippen molar-refractivity contribution >= 4 is 15.9 Å². The van der Waals surface area contributed by atoms with Crippen molar-refractivity contribution in [2.45, 2.75) is 37.7 Å². The molecule has 1 atom stereocenters. The maximum atomic E-state index is 12.1. The molecule has 8 nitrogen and oxygen atoms in total. The molecular formula is C14H21N3O5S. The normalized spacial score (nSPS) is 23.0. The van der Waals surface area contributed by atoms with Crippen molar-refractivity contribution in [1.82, 2.24) is 14.9 Å². The smallest absolute Gasteiger partial charge is 0.285 e. The predicted octanol–water partition coefficient (Wildman–Crippen LogP) is 0.542. The topological polar surface area (TPSA) is 110 Å². The number of H-pyrrole nitrogens is 1. The van der Waals surface area contributed by atoms with Crippen LogP contribution in [0.3, 0.4) is 0 Å². The molecule has 9 heteroatoms. The molecule has 0 aromatic carbocycles. The molecule has 1 aromatic heterocycles. The largest absolute Gasteiger partial charge is 0.381 e. The molecule has 23 heavy (non-hydrogen) atoms. The summed E-state index contributed by atoms with van der Waals surface area (Å²) in [4.78, 5) is 12.1. The third kappa shape index (κ3) is 4.30. The summed E-state index contributed by atoms with van der Waals surface area (Å²) < 4.78 is 36.7. The summed E-state index contributed by atoms with van der Waals surface area (Å²) in [6, 6.07) is 1.62. The van der Waals surface area contributed by atoms with Gasteiger partial charge in [-0.25, -0.2) is 13.1 Å². The van der Waals surface area contributed by atoms with Gasteiger partial charge in [0.25, 0.3) is 5.91 Å². The number of carbonyl (C=O) groups excluding carboxylic acids is 1. The van der Waals surface area contributed by atoms with Crippen LogP contribution in [0.4, 0.5) is 0 Å². The van der Waals surface area contributed by atoms with Crippen LogP contribution in [-0.4, -0.2) is 56.2 Å². The van der Waals surface area contributed by atoms with Gasteiger partial charge in [-0.3, -0.25) is 9.89 Å². The monoisotopic (exact) mass is 343 g/mol. The number of amides is 1. The summed E-state index contributed by atoms with van der Waals surface area (Å²) in [5.74, 6) is -0.644. The number of nitrogens with zero attached hydrogens (tertiary/aromatic N) is 1. The first kappa shape index (κ1) is 16.4. The summed E-state index contributed by atoms with van der Waals surface area (Å²) in [6.07, 6.45) is 2.94. The van der Waals surface area contributed by atoms with E-state index in [9.17, 15) is 13.2 Å². The van der Waals surface area contributed by atoms with Crippen LogP contribution >= 0.6 is 0 Å². The zero-order chi connectivity index (χ0) is 16.3. The molecule has 0 spiro atoms. The minimum absolute atomic E-state index is 0.0856.